The van der Waals surface area contributed by atoms with E-state index < -0.39 is 0 Å². The maximum absolute atomic E-state index is 12.4. The summed E-state index contributed by atoms with van der Waals surface area (Å²) in [6.45, 7) is 0. The van der Waals surface area contributed by atoms with Crippen LogP contribution in [-0.2, 0) is 9.59 Å². The normalized spacial score (nSPS) is 26.7. The first-order valence-electron chi connectivity index (χ1n) is 6.42. The van der Waals surface area contributed by atoms with E-state index in [9.17, 15) is 9.59 Å². The fraction of sp³-hybridized carbons (Fsp3) is 0.429. The van der Waals surface area contributed by atoms with Gasteiger partial charge in [-0.3, -0.25) is 9.59 Å². The number of nitrogens with zero attached hydrogens (tertiary/aromatic N) is 1. The predicted molar refractivity (Wildman–Crippen MR) is 77.1 cm³/mol. The zero-order chi connectivity index (χ0) is 13.6. The van der Waals surface area contributed by atoms with Crippen LogP contribution in [0.5, 0.6) is 0 Å². The van der Waals surface area contributed by atoms with Crippen LogP contribution in [0.25, 0.3) is 0 Å². The molecule has 1 saturated heterocycles. The number of imide groups is 1. The van der Waals surface area contributed by atoms with Crippen LogP contribution in [-0.4, -0.2) is 11.8 Å². The van der Waals surface area contributed by atoms with Crippen LogP contribution in [0.1, 0.15) is 25.7 Å². The Morgan fingerprint density at radius 2 is 1.68 bits per heavy atom. The first-order chi connectivity index (χ1) is 9.09. The third-order valence-electron chi connectivity index (χ3n) is 3.99. The van der Waals surface area contributed by atoms with Crippen LogP contribution < -0.4 is 4.90 Å². The second kappa shape index (κ2) is 4.91. The van der Waals surface area contributed by atoms with Crippen molar-refractivity contribution in [2.45, 2.75) is 25.7 Å². The molecule has 2 fully saturated rings. The molecule has 0 radical (unpaired) electrons. The van der Waals surface area contributed by atoms with Gasteiger partial charge >= 0.3 is 0 Å². The summed E-state index contributed by atoms with van der Waals surface area (Å²) in [5.41, 5.74) is 0.500. The number of carbonyl (C=O) groups excluding carboxylic acids is 2. The van der Waals surface area contributed by atoms with E-state index in [0.717, 1.165) is 30.2 Å². The van der Waals surface area contributed by atoms with E-state index in [0.29, 0.717) is 10.7 Å². The van der Waals surface area contributed by atoms with Gasteiger partial charge in [-0.25, -0.2) is 4.90 Å². The van der Waals surface area contributed by atoms with Crippen molar-refractivity contribution in [3.05, 3.63) is 27.7 Å². The molecule has 0 N–H and O–H groups in total. The number of fused-ring (bicyclic) bond motifs is 1. The van der Waals surface area contributed by atoms with Crippen LogP contribution in [0.2, 0.25) is 5.02 Å². The van der Waals surface area contributed by atoms with Crippen LogP contribution >= 0.6 is 27.5 Å². The van der Waals surface area contributed by atoms with E-state index in [-0.39, 0.29) is 23.7 Å². The number of anilines is 1. The highest BCUT2D eigenvalue weighted by molar-refractivity contribution is 9.10. The Labute approximate surface area is 125 Å². The van der Waals surface area contributed by atoms with E-state index >= 15 is 0 Å². The van der Waals surface area contributed by atoms with Crippen molar-refractivity contribution in [1.82, 2.24) is 0 Å². The minimum absolute atomic E-state index is 0.0882. The summed E-state index contributed by atoms with van der Waals surface area (Å²) in [4.78, 5) is 26.2. The van der Waals surface area contributed by atoms with Gasteiger partial charge in [0.05, 0.1) is 22.5 Å². The highest BCUT2D eigenvalue weighted by atomic mass is 79.9. The quantitative estimate of drug-likeness (QED) is 0.728. The molecule has 1 aliphatic carbocycles. The van der Waals surface area contributed by atoms with Crippen LogP contribution in [0.3, 0.4) is 0 Å². The summed E-state index contributed by atoms with van der Waals surface area (Å²) in [5.74, 6) is -0.461. The van der Waals surface area contributed by atoms with E-state index in [1.165, 1.54) is 4.90 Å². The largest absolute Gasteiger partial charge is 0.274 e. The Kier molecular flexibility index (Phi) is 3.39. The van der Waals surface area contributed by atoms with E-state index in [2.05, 4.69) is 15.9 Å². The molecular weight excluding hydrogens is 330 g/mol. The molecule has 5 heteroatoms. The zero-order valence-corrected chi connectivity index (χ0v) is 12.6. The van der Waals surface area contributed by atoms with Crippen LogP contribution in [0.15, 0.2) is 22.7 Å². The standard InChI is InChI=1S/C14H13BrClNO2/c15-8-5-6-11(16)12(7-8)17-13(18)9-3-1-2-4-10(9)14(17)19/h5-7,9-10H,1-4H2. The van der Waals surface area contributed by atoms with Crippen molar-refractivity contribution >= 4 is 45.0 Å². The number of rotatable bonds is 1. The van der Waals surface area contributed by atoms with Crippen molar-refractivity contribution < 1.29 is 9.59 Å². The molecule has 1 aromatic carbocycles. The fourth-order valence-electron chi connectivity index (χ4n) is 3.06. The maximum Gasteiger partial charge on any atom is 0.237 e. The SMILES string of the molecule is O=C1C2CCCCC2C(=O)N1c1cc(Br)ccc1Cl. The predicted octanol–water partition coefficient (Wildman–Crippen LogP) is 3.78. The number of hydrogen-bond acceptors (Lipinski definition) is 2. The summed E-state index contributed by atoms with van der Waals surface area (Å²) in [6.07, 6.45) is 3.69. The molecule has 1 aliphatic heterocycles. The van der Waals surface area contributed by atoms with Gasteiger partial charge in [0.2, 0.25) is 11.8 Å². The second-order valence-electron chi connectivity index (χ2n) is 5.11. The third-order valence-corrected chi connectivity index (χ3v) is 4.80. The van der Waals surface area contributed by atoms with E-state index in [1.807, 2.05) is 0 Å². The number of carbonyl (C=O) groups is 2. The van der Waals surface area contributed by atoms with Gasteiger partial charge in [0.1, 0.15) is 0 Å². The van der Waals surface area contributed by atoms with Crippen molar-refractivity contribution in [3.8, 4) is 0 Å². The average molecular weight is 343 g/mol. The van der Waals surface area contributed by atoms with Gasteiger partial charge in [-0.15, -0.1) is 0 Å². The van der Waals surface area contributed by atoms with Gasteiger partial charge in [-0.1, -0.05) is 40.4 Å². The lowest BCUT2D eigenvalue weighted by atomic mass is 9.81. The Balaban J connectivity index is 2.03. The topological polar surface area (TPSA) is 37.4 Å². The van der Waals surface area contributed by atoms with Crippen LogP contribution in [0, 0.1) is 11.8 Å². The Hall–Kier alpha value is -0.870. The first kappa shape index (κ1) is 13.1. The molecule has 1 heterocycles. The van der Waals surface area contributed by atoms with Crippen molar-refractivity contribution in [1.29, 1.82) is 0 Å². The summed E-state index contributed by atoms with van der Waals surface area (Å²) in [7, 11) is 0. The van der Waals surface area contributed by atoms with Gasteiger partial charge < -0.3 is 0 Å². The molecule has 3 nitrogen and oxygen atoms in total. The van der Waals surface area contributed by atoms with Gasteiger partial charge in [-0.05, 0) is 31.0 Å². The molecule has 0 bridgehead atoms. The number of benzene rings is 1. The van der Waals surface area contributed by atoms with Gasteiger partial charge in [0.25, 0.3) is 0 Å². The van der Waals surface area contributed by atoms with E-state index in [4.69, 9.17) is 11.6 Å². The average Bonchev–Trinajstić information content (AvgIpc) is 2.66. The molecule has 0 aromatic heterocycles. The molecule has 100 valence electrons. The highest BCUT2D eigenvalue weighted by Crippen LogP contribution is 2.42. The number of hydrogen-bond donors (Lipinski definition) is 0. The lowest BCUT2D eigenvalue weighted by molar-refractivity contribution is -0.122. The monoisotopic (exact) mass is 341 g/mol. The molecule has 2 aliphatic rings. The molecule has 2 unspecified atom stereocenters. The van der Waals surface area contributed by atoms with Crippen LogP contribution in [0.4, 0.5) is 5.69 Å². The van der Waals surface area contributed by atoms with Crippen molar-refractivity contribution in [2.24, 2.45) is 11.8 Å². The van der Waals surface area contributed by atoms with Gasteiger partial charge in [-0.2, -0.15) is 0 Å². The summed E-state index contributed by atoms with van der Waals surface area (Å²) in [5, 5.41) is 0.434. The molecule has 2 atom stereocenters. The Morgan fingerprint density at radius 1 is 1.11 bits per heavy atom. The molecule has 1 saturated carbocycles. The molecular formula is C14H13BrClNO2. The Morgan fingerprint density at radius 3 is 2.26 bits per heavy atom. The minimum Gasteiger partial charge on any atom is -0.274 e. The second-order valence-corrected chi connectivity index (χ2v) is 6.43. The summed E-state index contributed by atoms with van der Waals surface area (Å²) < 4.78 is 0.808. The van der Waals surface area contributed by atoms with E-state index in [1.54, 1.807) is 18.2 Å². The summed E-state index contributed by atoms with van der Waals surface area (Å²) >= 11 is 9.49. The smallest absolute Gasteiger partial charge is 0.237 e. The number of amides is 2. The first-order valence-corrected chi connectivity index (χ1v) is 7.59. The van der Waals surface area contributed by atoms with Crippen molar-refractivity contribution in [2.75, 3.05) is 4.90 Å². The minimum atomic E-state index is -0.142. The number of halogens is 2. The molecule has 3 rings (SSSR count). The molecule has 1 aromatic rings. The molecule has 2 amide bonds. The zero-order valence-electron chi connectivity index (χ0n) is 10.2. The lowest BCUT2D eigenvalue weighted by Crippen LogP contribution is -2.31. The molecule has 19 heavy (non-hydrogen) atoms. The molecule has 0 spiro atoms. The van der Waals surface area contributed by atoms with Crippen molar-refractivity contribution in [3.63, 3.8) is 0 Å². The third kappa shape index (κ3) is 2.11. The van der Waals surface area contributed by atoms with Gasteiger partial charge in [0, 0.05) is 4.47 Å². The summed E-state index contributed by atoms with van der Waals surface area (Å²) in [6, 6.07) is 5.23. The fourth-order valence-corrected chi connectivity index (χ4v) is 3.61. The lowest BCUT2D eigenvalue weighted by Gasteiger charge is -2.19. The Bertz CT molecular complexity index is 536. The van der Waals surface area contributed by atoms with Gasteiger partial charge in [0.15, 0.2) is 0 Å². The highest BCUT2D eigenvalue weighted by Gasteiger charge is 2.49. The maximum atomic E-state index is 12.4.